The van der Waals surface area contributed by atoms with E-state index in [4.69, 9.17) is 14.6 Å². The molecule has 0 aromatic heterocycles. The Bertz CT molecular complexity index is 697. The van der Waals surface area contributed by atoms with Crippen LogP contribution < -0.4 is 0 Å². The normalized spacial score (nSPS) is 30.0. The predicted molar refractivity (Wildman–Crippen MR) is 105 cm³/mol. The summed E-state index contributed by atoms with van der Waals surface area (Å²) in [7, 11) is 1.15. The maximum atomic E-state index is 12.4. The summed E-state index contributed by atoms with van der Waals surface area (Å²) in [5.41, 5.74) is -0.999. The molecule has 0 aromatic carbocycles. The van der Waals surface area contributed by atoms with Gasteiger partial charge in [0.1, 0.15) is 12.2 Å². The topological polar surface area (TPSA) is 134 Å². The molecule has 1 aliphatic carbocycles. The minimum Gasteiger partial charge on any atom is -0.466 e. The molecule has 0 heterocycles. The molecule has 6 atom stereocenters. The predicted octanol–water partition coefficient (Wildman–Crippen LogP) is 0.275. The first kappa shape index (κ1) is 24.8. The highest BCUT2D eigenvalue weighted by atomic mass is 16.5. The Balaban J connectivity index is 3.38. The van der Waals surface area contributed by atoms with Gasteiger partial charge in [0, 0.05) is 11.5 Å². The molecular weight excluding hydrogens is 380 g/mol. The van der Waals surface area contributed by atoms with Gasteiger partial charge in [0.15, 0.2) is 0 Å². The van der Waals surface area contributed by atoms with Crippen molar-refractivity contribution in [2.75, 3.05) is 20.3 Å². The van der Waals surface area contributed by atoms with E-state index in [1.54, 1.807) is 13.0 Å². The van der Waals surface area contributed by atoms with Crippen LogP contribution in [0.4, 0.5) is 0 Å². The highest BCUT2D eigenvalue weighted by Crippen LogP contribution is 2.50. The van der Waals surface area contributed by atoms with Crippen LogP contribution in [0.2, 0.25) is 0 Å². The van der Waals surface area contributed by atoms with Gasteiger partial charge < -0.3 is 29.9 Å². The van der Waals surface area contributed by atoms with Crippen molar-refractivity contribution in [3.63, 3.8) is 0 Å². The zero-order valence-electron chi connectivity index (χ0n) is 16.8. The quantitative estimate of drug-likeness (QED) is 0.242. The molecule has 0 saturated heterocycles. The van der Waals surface area contributed by atoms with Crippen LogP contribution in [0.1, 0.15) is 13.3 Å². The fraction of sp³-hybridized carbons (Fsp3) is 0.524. The summed E-state index contributed by atoms with van der Waals surface area (Å²) in [4.78, 5) is 24.5. The fourth-order valence-electron chi connectivity index (χ4n) is 3.79. The zero-order chi connectivity index (χ0) is 22.5. The van der Waals surface area contributed by atoms with Gasteiger partial charge in [-0.3, -0.25) is 0 Å². The van der Waals surface area contributed by atoms with Crippen molar-refractivity contribution in [3.8, 4) is 0 Å². The van der Waals surface area contributed by atoms with E-state index in [9.17, 15) is 24.9 Å². The summed E-state index contributed by atoms with van der Waals surface area (Å²) in [5, 5.41) is 39.3. The highest BCUT2D eigenvalue weighted by Gasteiger charge is 2.53. The van der Waals surface area contributed by atoms with E-state index >= 15 is 0 Å². The molecule has 8 nitrogen and oxygen atoms in total. The summed E-state index contributed by atoms with van der Waals surface area (Å²) in [6, 6.07) is 0. The number of ether oxygens (including phenoxy) is 2. The van der Waals surface area contributed by atoms with Crippen LogP contribution >= 0.6 is 0 Å². The molecule has 1 fully saturated rings. The lowest BCUT2D eigenvalue weighted by atomic mass is 9.58. The van der Waals surface area contributed by atoms with Gasteiger partial charge in [-0.1, -0.05) is 32.7 Å². The van der Waals surface area contributed by atoms with Crippen LogP contribution in [0.3, 0.4) is 0 Å². The van der Waals surface area contributed by atoms with Gasteiger partial charge in [0.2, 0.25) is 0 Å². The second-order valence-corrected chi connectivity index (χ2v) is 7.41. The average molecular weight is 410 g/mol. The van der Waals surface area contributed by atoms with E-state index in [0.29, 0.717) is 5.57 Å². The molecule has 0 aliphatic heterocycles. The number of hydrogen-bond donors (Lipinski definition) is 4. The highest BCUT2D eigenvalue weighted by molar-refractivity contribution is 5.90. The van der Waals surface area contributed by atoms with E-state index in [1.165, 1.54) is 0 Å². The smallest absolute Gasteiger partial charge is 0.336 e. The lowest BCUT2D eigenvalue weighted by Gasteiger charge is -2.50. The fourth-order valence-corrected chi connectivity index (χ4v) is 3.79. The minimum atomic E-state index is -1.51. The van der Waals surface area contributed by atoms with Crippen LogP contribution in [0.15, 0.2) is 49.1 Å². The van der Waals surface area contributed by atoms with Crippen LogP contribution in [0.25, 0.3) is 0 Å². The third kappa shape index (κ3) is 5.02. The van der Waals surface area contributed by atoms with Crippen molar-refractivity contribution in [1.29, 1.82) is 0 Å². The van der Waals surface area contributed by atoms with Gasteiger partial charge in [-0.25, -0.2) is 9.59 Å². The molecular formula is C21H30O8. The second kappa shape index (κ2) is 9.98. The van der Waals surface area contributed by atoms with Crippen molar-refractivity contribution < 1.29 is 39.5 Å². The Hall–Kier alpha value is -2.26. The number of aliphatic hydroxyl groups excluding tert-OH is 4. The number of allylic oxidation sites excluding steroid dienone is 1. The zero-order valence-corrected chi connectivity index (χ0v) is 16.8. The SMILES string of the molecule is C=C[C@]1(C)C[C@H](OC(=O)C(=C)[C@H](O)CO)[C@H](C(=C)C(=O)OC)[C@H](O)[C@H]1C(=C)CO. The molecule has 8 heteroatoms. The van der Waals surface area contributed by atoms with Crippen molar-refractivity contribution in [2.45, 2.75) is 31.7 Å². The van der Waals surface area contributed by atoms with E-state index in [0.717, 1.165) is 7.11 Å². The second-order valence-electron chi connectivity index (χ2n) is 7.41. The maximum absolute atomic E-state index is 12.4. The Morgan fingerprint density at radius 1 is 1.24 bits per heavy atom. The lowest BCUT2D eigenvalue weighted by molar-refractivity contribution is -0.162. The average Bonchev–Trinajstić information content (AvgIpc) is 2.70. The van der Waals surface area contributed by atoms with Crippen molar-refractivity contribution >= 4 is 11.9 Å². The molecule has 0 spiro atoms. The number of methoxy groups -OCH3 is 1. The summed E-state index contributed by atoms with van der Waals surface area (Å²) in [6.07, 6.45) is -2.17. The van der Waals surface area contributed by atoms with Crippen LogP contribution in [0, 0.1) is 17.3 Å². The first-order valence-corrected chi connectivity index (χ1v) is 9.05. The molecule has 0 unspecified atom stereocenters. The van der Waals surface area contributed by atoms with E-state index in [1.807, 2.05) is 0 Å². The maximum Gasteiger partial charge on any atom is 0.336 e. The third-order valence-electron chi connectivity index (χ3n) is 5.52. The Morgan fingerprint density at radius 3 is 2.28 bits per heavy atom. The van der Waals surface area contributed by atoms with E-state index in [-0.39, 0.29) is 17.6 Å². The molecule has 162 valence electrons. The van der Waals surface area contributed by atoms with Crippen LogP contribution in [-0.4, -0.2) is 71.0 Å². The Morgan fingerprint density at radius 2 is 1.83 bits per heavy atom. The number of aliphatic hydroxyl groups is 4. The van der Waals surface area contributed by atoms with E-state index in [2.05, 4.69) is 26.3 Å². The van der Waals surface area contributed by atoms with Gasteiger partial charge in [0.25, 0.3) is 0 Å². The molecule has 1 rings (SSSR count). The monoisotopic (exact) mass is 410 g/mol. The van der Waals surface area contributed by atoms with Gasteiger partial charge in [-0.15, -0.1) is 6.58 Å². The van der Waals surface area contributed by atoms with Crippen molar-refractivity contribution in [2.24, 2.45) is 17.3 Å². The summed E-state index contributed by atoms with van der Waals surface area (Å²) in [5.74, 6) is -3.54. The van der Waals surface area contributed by atoms with Gasteiger partial charge in [-0.2, -0.15) is 0 Å². The van der Waals surface area contributed by atoms with Crippen molar-refractivity contribution in [3.05, 3.63) is 49.1 Å². The van der Waals surface area contributed by atoms with Crippen molar-refractivity contribution in [1.82, 2.24) is 0 Å². The van der Waals surface area contributed by atoms with Crippen LogP contribution in [-0.2, 0) is 19.1 Å². The van der Waals surface area contributed by atoms with Gasteiger partial charge in [-0.05, 0) is 17.4 Å². The number of carbonyl (C=O) groups excluding carboxylic acids is 2. The number of carbonyl (C=O) groups is 2. The molecule has 4 N–H and O–H groups in total. The Kier molecular flexibility index (Phi) is 8.52. The Labute approximate surface area is 170 Å². The minimum absolute atomic E-state index is 0.117. The molecule has 1 aliphatic rings. The number of esters is 2. The van der Waals surface area contributed by atoms with Crippen LogP contribution in [0.5, 0.6) is 0 Å². The number of hydrogen-bond acceptors (Lipinski definition) is 8. The first-order valence-electron chi connectivity index (χ1n) is 9.05. The molecule has 0 amide bonds. The molecule has 29 heavy (non-hydrogen) atoms. The number of rotatable bonds is 9. The molecule has 1 saturated carbocycles. The standard InChI is InChI=1S/C21H30O8/c1-7-21(5)8-15(29-20(27)12(3)14(24)10-23)16(13(4)19(26)28-6)18(25)17(21)11(2)9-22/h7,14-18,22-25H,1-4,8-10H2,5-6H3/t14-,15+,16+,17-,18+,21-/m1/s1. The summed E-state index contributed by atoms with van der Waals surface area (Å²) in [6.45, 7) is 15.3. The molecule has 0 bridgehead atoms. The molecule has 0 aromatic rings. The first-order chi connectivity index (χ1) is 13.5. The molecule has 0 radical (unpaired) electrons. The summed E-state index contributed by atoms with van der Waals surface area (Å²) >= 11 is 0. The van der Waals surface area contributed by atoms with Gasteiger partial charge >= 0.3 is 11.9 Å². The summed E-state index contributed by atoms with van der Waals surface area (Å²) < 4.78 is 10.2. The van der Waals surface area contributed by atoms with E-state index < -0.39 is 60.7 Å². The third-order valence-corrected chi connectivity index (χ3v) is 5.52. The lowest BCUT2D eigenvalue weighted by Crippen LogP contribution is -2.54. The largest absolute Gasteiger partial charge is 0.466 e. The van der Waals surface area contributed by atoms with Gasteiger partial charge in [0.05, 0.1) is 37.9 Å².